The smallest absolute Gasteiger partial charge is 0.289 e. The highest BCUT2D eigenvalue weighted by atomic mass is 16.5. The Morgan fingerprint density at radius 2 is 2.09 bits per heavy atom. The van der Waals surface area contributed by atoms with Gasteiger partial charge in [0, 0.05) is 31.3 Å². The Morgan fingerprint density at radius 3 is 2.82 bits per heavy atom. The minimum absolute atomic E-state index is 0.00505. The van der Waals surface area contributed by atoms with E-state index >= 15 is 0 Å². The van der Waals surface area contributed by atoms with Crippen molar-refractivity contribution in [1.29, 1.82) is 0 Å². The fourth-order valence-corrected chi connectivity index (χ4v) is 3.27. The molecule has 0 saturated carbocycles. The zero-order valence-corrected chi connectivity index (χ0v) is 19.0. The second kappa shape index (κ2) is 9.33. The first-order chi connectivity index (χ1) is 16.2. The Bertz CT molecular complexity index is 1270. The summed E-state index contributed by atoms with van der Waals surface area (Å²) < 4.78 is 5.78. The van der Waals surface area contributed by atoms with Crippen molar-refractivity contribution < 1.29 is 19.4 Å². The van der Waals surface area contributed by atoms with Gasteiger partial charge in [-0.05, 0) is 19.4 Å². The van der Waals surface area contributed by atoms with Crippen molar-refractivity contribution in [1.82, 2.24) is 25.5 Å². The number of ether oxygens (including phenoxy) is 1. The standard InChI is InChI=1S/C24H24N6O4/c1-24(2,33)10-9-16-11-18-21(25-13-16)30(3)23(32)17(14-34-18)26-22(31)20-27-19(28-29-20)12-15-7-5-4-6-8-15/h4-8,11,13,17,33H,12,14H2,1-3H3,(H,26,31)(H,27,28,29)/t17-/m0/s1. The van der Waals surface area contributed by atoms with E-state index in [1.165, 1.54) is 11.1 Å². The van der Waals surface area contributed by atoms with E-state index in [2.05, 4.69) is 37.3 Å². The van der Waals surface area contributed by atoms with Crippen LogP contribution in [0.15, 0.2) is 42.6 Å². The highest BCUT2D eigenvalue weighted by molar-refractivity contribution is 6.01. The first kappa shape index (κ1) is 22.9. The van der Waals surface area contributed by atoms with Gasteiger partial charge in [0.25, 0.3) is 11.8 Å². The summed E-state index contributed by atoms with van der Waals surface area (Å²) in [7, 11) is 1.55. The van der Waals surface area contributed by atoms with Crippen LogP contribution in [0.25, 0.3) is 0 Å². The Morgan fingerprint density at radius 1 is 1.32 bits per heavy atom. The van der Waals surface area contributed by atoms with Gasteiger partial charge in [0.15, 0.2) is 11.6 Å². The van der Waals surface area contributed by atoms with Crippen LogP contribution in [0, 0.1) is 11.8 Å². The lowest BCUT2D eigenvalue weighted by Gasteiger charge is -2.19. The van der Waals surface area contributed by atoms with Crippen LogP contribution in [0.2, 0.25) is 0 Å². The van der Waals surface area contributed by atoms with Crippen molar-refractivity contribution in [3.05, 3.63) is 65.4 Å². The first-order valence-electron chi connectivity index (χ1n) is 10.6. The second-order valence-electron chi connectivity index (χ2n) is 8.37. The maximum Gasteiger partial charge on any atom is 0.289 e. The zero-order valence-electron chi connectivity index (χ0n) is 19.0. The van der Waals surface area contributed by atoms with Crippen molar-refractivity contribution in [3.8, 4) is 17.6 Å². The molecule has 0 fully saturated rings. The third-order valence-electron chi connectivity index (χ3n) is 4.97. The molecule has 0 unspecified atom stereocenters. The molecule has 1 aliphatic rings. The molecule has 3 heterocycles. The van der Waals surface area contributed by atoms with Gasteiger partial charge in [0.1, 0.15) is 24.1 Å². The fraction of sp³-hybridized carbons (Fsp3) is 0.292. The Balaban J connectivity index is 1.45. The lowest BCUT2D eigenvalue weighted by atomic mass is 10.1. The van der Waals surface area contributed by atoms with Gasteiger partial charge in [-0.25, -0.2) is 4.98 Å². The number of aromatic nitrogens is 4. The van der Waals surface area contributed by atoms with E-state index < -0.39 is 17.6 Å². The number of benzene rings is 1. The quantitative estimate of drug-likeness (QED) is 0.496. The van der Waals surface area contributed by atoms with Gasteiger partial charge in [-0.1, -0.05) is 42.2 Å². The highest BCUT2D eigenvalue weighted by Gasteiger charge is 2.32. The molecule has 0 saturated heterocycles. The molecule has 10 nitrogen and oxygen atoms in total. The molecule has 34 heavy (non-hydrogen) atoms. The molecule has 0 aliphatic carbocycles. The molecular weight excluding hydrogens is 436 g/mol. The minimum Gasteiger partial charge on any atom is -0.487 e. The summed E-state index contributed by atoms with van der Waals surface area (Å²) in [6.45, 7) is 3.05. The third kappa shape index (κ3) is 5.39. The van der Waals surface area contributed by atoms with E-state index in [9.17, 15) is 14.7 Å². The van der Waals surface area contributed by atoms with Crippen molar-refractivity contribution in [2.45, 2.75) is 31.9 Å². The number of fused-ring (bicyclic) bond motifs is 1. The molecule has 1 atom stereocenters. The van der Waals surface area contributed by atoms with Crippen molar-refractivity contribution >= 4 is 17.6 Å². The number of nitrogens with one attached hydrogen (secondary N) is 2. The van der Waals surface area contributed by atoms with E-state index in [4.69, 9.17) is 4.74 Å². The molecule has 0 spiro atoms. The summed E-state index contributed by atoms with van der Waals surface area (Å²) in [5, 5.41) is 20.4. The lowest BCUT2D eigenvalue weighted by molar-refractivity contribution is -0.120. The molecule has 4 rings (SSSR count). The van der Waals surface area contributed by atoms with Gasteiger partial charge in [-0.3, -0.25) is 14.5 Å². The topological polar surface area (TPSA) is 133 Å². The van der Waals surface area contributed by atoms with Crippen molar-refractivity contribution in [3.63, 3.8) is 0 Å². The summed E-state index contributed by atoms with van der Waals surface area (Å²) >= 11 is 0. The Labute approximate surface area is 196 Å². The van der Waals surface area contributed by atoms with Crippen molar-refractivity contribution in [2.24, 2.45) is 0 Å². The number of hydrogen-bond donors (Lipinski definition) is 3. The SMILES string of the molecule is CN1C(=O)[C@@H](NC(=O)c2nnc(Cc3ccccc3)[nH]2)COc2cc(C#CC(C)(C)O)cnc21. The van der Waals surface area contributed by atoms with E-state index in [1.54, 1.807) is 27.0 Å². The summed E-state index contributed by atoms with van der Waals surface area (Å²) in [4.78, 5) is 34.2. The van der Waals surface area contributed by atoms with Crippen LogP contribution < -0.4 is 15.0 Å². The molecule has 10 heteroatoms. The van der Waals surface area contributed by atoms with Gasteiger partial charge >= 0.3 is 0 Å². The summed E-state index contributed by atoms with van der Waals surface area (Å²) in [6, 6.07) is 10.3. The average molecular weight is 460 g/mol. The van der Waals surface area contributed by atoms with Crippen LogP contribution in [-0.4, -0.2) is 62.4 Å². The van der Waals surface area contributed by atoms with Crippen LogP contribution in [0.5, 0.6) is 5.75 Å². The molecule has 1 aromatic carbocycles. The van der Waals surface area contributed by atoms with Crippen LogP contribution in [0.1, 0.15) is 41.4 Å². The Hall–Kier alpha value is -4.23. The third-order valence-corrected chi connectivity index (χ3v) is 4.97. The maximum atomic E-state index is 12.9. The highest BCUT2D eigenvalue weighted by Crippen LogP contribution is 2.29. The number of H-pyrrole nitrogens is 1. The van der Waals surface area contributed by atoms with Gasteiger partial charge < -0.3 is 20.1 Å². The molecule has 0 bridgehead atoms. The van der Waals surface area contributed by atoms with Crippen LogP contribution in [0.4, 0.5) is 5.82 Å². The Kier molecular flexibility index (Phi) is 6.30. The number of carbonyl (C=O) groups is 2. The van der Waals surface area contributed by atoms with Gasteiger partial charge in [0.2, 0.25) is 5.82 Å². The summed E-state index contributed by atoms with van der Waals surface area (Å²) in [5.74, 6) is 5.77. The number of likely N-dealkylation sites (N-methyl/N-ethyl adjacent to an activating group) is 1. The van der Waals surface area contributed by atoms with Crippen LogP contribution in [-0.2, 0) is 11.2 Å². The van der Waals surface area contributed by atoms with Gasteiger partial charge in [-0.2, -0.15) is 0 Å². The monoisotopic (exact) mass is 460 g/mol. The van der Waals surface area contributed by atoms with E-state index in [1.807, 2.05) is 30.3 Å². The molecule has 174 valence electrons. The van der Waals surface area contributed by atoms with E-state index in [0.29, 0.717) is 29.4 Å². The number of anilines is 1. The number of nitrogens with zero attached hydrogens (tertiary/aromatic N) is 4. The number of pyridine rings is 1. The van der Waals surface area contributed by atoms with Crippen molar-refractivity contribution in [2.75, 3.05) is 18.6 Å². The largest absolute Gasteiger partial charge is 0.487 e. The molecule has 0 radical (unpaired) electrons. The molecular formula is C24H24N6O4. The number of rotatable bonds is 4. The maximum absolute atomic E-state index is 12.9. The molecule has 2 amide bonds. The lowest BCUT2D eigenvalue weighted by Crippen LogP contribution is -2.49. The van der Waals surface area contributed by atoms with Crippen LogP contribution >= 0.6 is 0 Å². The number of hydrogen-bond acceptors (Lipinski definition) is 7. The first-order valence-corrected chi connectivity index (χ1v) is 10.6. The van der Waals surface area contributed by atoms with Crippen LogP contribution in [0.3, 0.4) is 0 Å². The predicted octanol–water partition coefficient (Wildman–Crippen LogP) is 1.07. The molecule has 3 aromatic rings. The second-order valence-corrected chi connectivity index (χ2v) is 8.37. The minimum atomic E-state index is -1.16. The number of aliphatic hydroxyl groups is 1. The molecule has 3 N–H and O–H groups in total. The number of carbonyl (C=O) groups excluding carboxylic acids is 2. The van der Waals surface area contributed by atoms with Gasteiger partial charge in [-0.15, -0.1) is 10.2 Å². The summed E-state index contributed by atoms with van der Waals surface area (Å²) in [5.41, 5.74) is 0.394. The van der Waals surface area contributed by atoms with E-state index in [0.717, 1.165) is 5.56 Å². The predicted molar refractivity (Wildman–Crippen MR) is 123 cm³/mol. The van der Waals surface area contributed by atoms with Gasteiger partial charge in [0.05, 0.1) is 0 Å². The molecule has 1 aliphatic heterocycles. The number of amides is 2. The normalized spacial score (nSPS) is 15.5. The summed E-state index contributed by atoms with van der Waals surface area (Å²) in [6.07, 6.45) is 1.99. The average Bonchev–Trinajstić information content (AvgIpc) is 3.24. The fourth-order valence-electron chi connectivity index (χ4n) is 3.27. The molecule has 2 aromatic heterocycles. The zero-order chi connectivity index (χ0) is 24.3. The number of aromatic amines is 1. The van der Waals surface area contributed by atoms with E-state index in [-0.39, 0.29) is 18.3 Å².